The van der Waals surface area contributed by atoms with Gasteiger partial charge in [-0.05, 0) is 12.8 Å². The molecule has 1 aliphatic carbocycles. The van der Waals surface area contributed by atoms with Crippen molar-refractivity contribution in [3.05, 3.63) is 17.8 Å². The van der Waals surface area contributed by atoms with E-state index in [1.54, 1.807) is 20.4 Å². The highest BCUT2D eigenvalue weighted by molar-refractivity contribution is 14.0. The lowest BCUT2D eigenvalue weighted by Crippen LogP contribution is -2.42. The first kappa shape index (κ1) is 23.2. The molecule has 0 aromatic carbocycles. The summed E-state index contributed by atoms with van der Waals surface area (Å²) < 4.78 is 11.0. The van der Waals surface area contributed by atoms with Crippen LogP contribution in [-0.2, 0) is 16.7 Å². The van der Waals surface area contributed by atoms with Gasteiger partial charge in [0.05, 0.1) is 19.3 Å². The molecule has 7 nitrogen and oxygen atoms in total. The largest absolute Gasteiger partial charge is 0.443 e. The maximum Gasteiger partial charge on any atom is 0.213 e. The molecule has 0 radical (unpaired) electrons. The van der Waals surface area contributed by atoms with Crippen molar-refractivity contribution in [1.82, 2.24) is 20.5 Å². The van der Waals surface area contributed by atoms with Crippen molar-refractivity contribution in [3.63, 3.8) is 0 Å². The highest BCUT2D eigenvalue weighted by Gasteiger charge is 2.28. The normalized spacial score (nSPS) is 15.1. The second-order valence-electron chi connectivity index (χ2n) is 7.48. The van der Waals surface area contributed by atoms with E-state index in [-0.39, 0.29) is 29.4 Å². The average Bonchev–Trinajstić information content (AvgIpc) is 3.29. The van der Waals surface area contributed by atoms with E-state index >= 15 is 0 Å². The minimum Gasteiger partial charge on any atom is -0.443 e. The van der Waals surface area contributed by atoms with E-state index < -0.39 is 0 Å². The quantitative estimate of drug-likeness (QED) is 0.322. The van der Waals surface area contributed by atoms with Gasteiger partial charge in [0.1, 0.15) is 5.76 Å². The monoisotopic (exact) mass is 479 g/mol. The van der Waals surface area contributed by atoms with Gasteiger partial charge >= 0.3 is 0 Å². The molecule has 150 valence electrons. The Morgan fingerprint density at radius 2 is 2.08 bits per heavy atom. The molecule has 1 saturated carbocycles. The SMILES string of the molecule is CN=C(NCCN(CCOC)C1CC1)NCc1ncc(C(C)(C)C)o1.I. The van der Waals surface area contributed by atoms with Crippen molar-refractivity contribution in [1.29, 1.82) is 0 Å². The summed E-state index contributed by atoms with van der Waals surface area (Å²) in [6, 6.07) is 0.732. The van der Waals surface area contributed by atoms with Gasteiger partial charge in [-0.15, -0.1) is 24.0 Å². The Balaban J connectivity index is 0.00000338. The Labute approximate surface area is 174 Å². The molecule has 0 unspecified atom stereocenters. The van der Waals surface area contributed by atoms with Gasteiger partial charge in [-0.3, -0.25) is 9.89 Å². The van der Waals surface area contributed by atoms with Gasteiger partial charge in [0.25, 0.3) is 0 Å². The van der Waals surface area contributed by atoms with Crippen LogP contribution in [0.25, 0.3) is 0 Å². The van der Waals surface area contributed by atoms with Crippen molar-refractivity contribution in [3.8, 4) is 0 Å². The van der Waals surface area contributed by atoms with Crippen LogP contribution in [0.4, 0.5) is 0 Å². The summed E-state index contributed by atoms with van der Waals surface area (Å²) in [6.45, 7) is 10.5. The van der Waals surface area contributed by atoms with Gasteiger partial charge < -0.3 is 19.8 Å². The second kappa shape index (κ2) is 11.1. The number of hydrogen-bond donors (Lipinski definition) is 2. The van der Waals surface area contributed by atoms with E-state index in [9.17, 15) is 0 Å². The number of halogens is 1. The van der Waals surface area contributed by atoms with Crippen LogP contribution in [0, 0.1) is 0 Å². The van der Waals surface area contributed by atoms with Gasteiger partial charge in [-0.2, -0.15) is 0 Å². The molecule has 2 rings (SSSR count). The minimum atomic E-state index is -0.0281. The predicted octanol–water partition coefficient (Wildman–Crippen LogP) is 2.37. The van der Waals surface area contributed by atoms with Crippen LogP contribution in [0.3, 0.4) is 0 Å². The molecular weight excluding hydrogens is 445 g/mol. The minimum absolute atomic E-state index is 0. The fraction of sp³-hybridized carbons (Fsp3) is 0.778. The molecule has 1 aromatic rings. The predicted molar refractivity (Wildman–Crippen MR) is 115 cm³/mol. The van der Waals surface area contributed by atoms with Gasteiger partial charge in [0.2, 0.25) is 5.89 Å². The number of aromatic nitrogens is 1. The molecule has 1 fully saturated rings. The lowest BCUT2D eigenvalue weighted by atomic mass is 9.94. The van der Waals surface area contributed by atoms with Crippen molar-refractivity contribution >= 4 is 29.9 Å². The molecule has 0 saturated heterocycles. The number of nitrogens with one attached hydrogen (secondary N) is 2. The first-order valence-corrected chi connectivity index (χ1v) is 9.06. The number of guanidine groups is 1. The summed E-state index contributed by atoms with van der Waals surface area (Å²) in [6.07, 6.45) is 4.41. The van der Waals surface area contributed by atoms with Gasteiger partial charge in [0, 0.05) is 45.2 Å². The number of ether oxygens (including phenoxy) is 1. The van der Waals surface area contributed by atoms with Crippen molar-refractivity contribution in [2.75, 3.05) is 40.4 Å². The highest BCUT2D eigenvalue weighted by atomic mass is 127. The van der Waals surface area contributed by atoms with E-state index in [2.05, 4.69) is 46.3 Å². The topological polar surface area (TPSA) is 74.9 Å². The third-order valence-corrected chi connectivity index (χ3v) is 4.26. The van der Waals surface area contributed by atoms with Gasteiger partial charge in [-0.25, -0.2) is 4.98 Å². The molecule has 0 amide bonds. The van der Waals surface area contributed by atoms with E-state index in [0.29, 0.717) is 12.4 Å². The van der Waals surface area contributed by atoms with E-state index in [0.717, 1.165) is 44.0 Å². The van der Waals surface area contributed by atoms with Crippen molar-refractivity contribution < 1.29 is 9.15 Å². The molecule has 0 spiro atoms. The fourth-order valence-corrected chi connectivity index (χ4v) is 2.56. The van der Waals surface area contributed by atoms with Crippen LogP contribution in [0.1, 0.15) is 45.3 Å². The number of aliphatic imine (C=N–C) groups is 1. The number of rotatable bonds is 9. The summed E-state index contributed by atoms with van der Waals surface area (Å²) in [5.41, 5.74) is -0.0281. The maximum absolute atomic E-state index is 5.79. The molecule has 1 aliphatic rings. The van der Waals surface area contributed by atoms with E-state index in [1.807, 2.05) is 0 Å². The number of oxazole rings is 1. The number of nitrogens with zero attached hydrogens (tertiary/aromatic N) is 3. The Morgan fingerprint density at radius 1 is 1.35 bits per heavy atom. The number of hydrogen-bond acceptors (Lipinski definition) is 5. The van der Waals surface area contributed by atoms with Crippen LogP contribution < -0.4 is 10.6 Å². The zero-order valence-electron chi connectivity index (χ0n) is 16.7. The second-order valence-corrected chi connectivity index (χ2v) is 7.48. The Hall–Kier alpha value is -0.870. The molecule has 0 atom stereocenters. The lowest BCUT2D eigenvalue weighted by Gasteiger charge is -2.22. The Kier molecular flexibility index (Phi) is 9.88. The third-order valence-electron chi connectivity index (χ3n) is 4.26. The molecule has 1 aromatic heterocycles. The standard InChI is InChI=1S/C18H33N5O2.HI/c1-18(2,3)15-12-21-16(25-15)13-22-17(19-4)20-8-9-23(10-11-24-5)14-6-7-14;/h12,14H,6-11,13H2,1-5H3,(H2,19,20,22);1H. The number of methoxy groups -OCH3 is 1. The summed E-state index contributed by atoms with van der Waals surface area (Å²) in [4.78, 5) is 11.1. The molecule has 0 bridgehead atoms. The zero-order valence-corrected chi connectivity index (χ0v) is 19.0. The summed E-state index contributed by atoms with van der Waals surface area (Å²) in [5, 5.41) is 6.60. The highest BCUT2D eigenvalue weighted by Crippen LogP contribution is 2.26. The third kappa shape index (κ3) is 7.79. The Bertz CT molecular complexity index is 552. The van der Waals surface area contributed by atoms with Crippen LogP contribution in [0.15, 0.2) is 15.6 Å². The zero-order chi connectivity index (χ0) is 18.3. The molecular formula is C18H34IN5O2. The van der Waals surface area contributed by atoms with Crippen molar-refractivity contribution in [2.24, 2.45) is 4.99 Å². The first-order chi connectivity index (χ1) is 11.9. The van der Waals surface area contributed by atoms with Gasteiger partial charge in [-0.1, -0.05) is 20.8 Å². The lowest BCUT2D eigenvalue weighted by molar-refractivity contribution is 0.144. The van der Waals surface area contributed by atoms with Crippen LogP contribution in [0.5, 0.6) is 0 Å². The van der Waals surface area contributed by atoms with Crippen LogP contribution >= 0.6 is 24.0 Å². The summed E-state index contributed by atoms with van der Waals surface area (Å²) in [7, 11) is 3.53. The molecule has 0 aliphatic heterocycles. The van der Waals surface area contributed by atoms with E-state index in [4.69, 9.17) is 9.15 Å². The molecule has 1 heterocycles. The van der Waals surface area contributed by atoms with E-state index in [1.165, 1.54) is 12.8 Å². The van der Waals surface area contributed by atoms with Crippen LogP contribution in [-0.4, -0.2) is 62.3 Å². The summed E-state index contributed by atoms with van der Waals surface area (Å²) in [5.74, 6) is 2.33. The molecule has 8 heteroatoms. The summed E-state index contributed by atoms with van der Waals surface area (Å²) >= 11 is 0. The average molecular weight is 479 g/mol. The fourth-order valence-electron chi connectivity index (χ4n) is 2.56. The first-order valence-electron chi connectivity index (χ1n) is 9.06. The van der Waals surface area contributed by atoms with Crippen molar-refractivity contribution in [2.45, 2.75) is 51.6 Å². The molecule has 26 heavy (non-hydrogen) atoms. The Morgan fingerprint density at radius 3 is 2.62 bits per heavy atom. The van der Waals surface area contributed by atoms with Gasteiger partial charge in [0.15, 0.2) is 5.96 Å². The maximum atomic E-state index is 5.79. The smallest absolute Gasteiger partial charge is 0.213 e. The molecule has 2 N–H and O–H groups in total. The van der Waals surface area contributed by atoms with Crippen LogP contribution in [0.2, 0.25) is 0 Å².